The molecule has 1 aromatic rings. The van der Waals surface area contributed by atoms with Gasteiger partial charge in [0.15, 0.2) is 0 Å². The molecule has 0 unspecified atom stereocenters. The number of alkyl halides is 2. The smallest absolute Gasteiger partial charge is 0.296 e. The van der Waals surface area contributed by atoms with E-state index in [-0.39, 0.29) is 11.7 Å². The van der Waals surface area contributed by atoms with Crippen molar-refractivity contribution in [3.63, 3.8) is 0 Å². The Bertz CT molecular complexity index is 389. The molecular formula is C16H23F2NO. The molecule has 0 spiro atoms. The van der Waals surface area contributed by atoms with Gasteiger partial charge in [0, 0.05) is 11.6 Å². The Labute approximate surface area is 119 Å². The highest BCUT2D eigenvalue weighted by atomic mass is 19.3. The Morgan fingerprint density at radius 2 is 1.80 bits per heavy atom. The molecule has 0 amide bonds. The van der Waals surface area contributed by atoms with Crippen LogP contribution in [0.4, 0.5) is 8.78 Å². The lowest BCUT2D eigenvalue weighted by atomic mass is 9.93. The third-order valence-electron chi connectivity index (χ3n) is 3.86. The average molecular weight is 283 g/mol. The van der Waals surface area contributed by atoms with Crippen molar-refractivity contribution in [2.24, 2.45) is 0 Å². The monoisotopic (exact) mass is 283 g/mol. The molecule has 0 atom stereocenters. The van der Waals surface area contributed by atoms with Gasteiger partial charge in [-0.1, -0.05) is 37.3 Å². The van der Waals surface area contributed by atoms with Crippen LogP contribution < -0.4 is 5.32 Å². The normalized spacial score (nSPS) is 23.8. The topological polar surface area (TPSA) is 21.3 Å². The first kappa shape index (κ1) is 15.4. The summed E-state index contributed by atoms with van der Waals surface area (Å²) in [7, 11) is 0. The van der Waals surface area contributed by atoms with E-state index < -0.39 is 12.5 Å². The second kappa shape index (κ2) is 7.14. The van der Waals surface area contributed by atoms with Crippen molar-refractivity contribution in [1.82, 2.24) is 5.32 Å². The van der Waals surface area contributed by atoms with E-state index in [2.05, 4.69) is 12.2 Å². The van der Waals surface area contributed by atoms with E-state index in [1.165, 1.54) is 12.1 Å². The molecule has 1 aromatic carbocycles. The van der Waals surface area contributed by atoms with Crippen molar-refractivity contribution in [3.05, 3.63) is 35.9 Å². The minimum atomic E-state index is -2.90. The molecule has 1 aliphatic carbocycles. The zero-order valence-electron chi connectivity index (χ0n) is 11.9. The summed E-state index contributed by atoms with van der Waals surface area (Å²) >= 11 is 0. The van der Waals surface area contributed by atoms with Crippen LogP contribution in [0.5, 0.6) is 0 Å². The van der Waals surface area contributed by atoms with Crippen LogP contribution in [-0.4, -0.2) is 25.3 Å². The lowest BCUT2D eigenvalue weighted by Gasteiger charge is -2.30. The molecule has 1 aliphatic rings. The lowest BCUT2D eigenvalue weighted by molar-refractivity contribution is -0.112. The maximum atomic E-state index is 14.0. The summed E-state index contributed by atoms with van der Waals surface area (Å²) in [5.41, 5.74) is 0.0290. The quantitative estimate of drug-likeness (QED) is 0.859. The molecule has 0 radical (unpaired) electrons. The van der Waals surface area contributed by atoms with Gasteiger partial charge in [-0.15, -0.1) is 0 Å². The van der Waals surface area contributed by atoms with Crippen LogP contribution in [-0.2, 0) is 10.7 Å². The van der Waals surface area contributed by atoms with Gasteiger partial charge in [-0.2, -0.15) is 8.78 Å². The molecule has 2 nitrogen and oxygen atoms in total. The second-order valence-corrected chi connectivity index (χ2v) is 5.41. The summed E-state index contributed by atoms with van der Waals surface area (Å²) in [5, 5.41) is 3.40. The average Bonchev–Trinajstić information content (AvgIpc) is 2.48. The van der Waals surface area contributed by atoms with Gasteiger partial charge in [0.1, 0.15) is 6.61 Å². The first-order valence-corrected chi connectivity index (χ1v) is 7.40. The van der Waals surface area contributed by atoms with Gasteiger partial charge in [-0.3, -0.25) is 0 Å². The first-order valence-electron chi connectivity index (χ1n) is 7.40. The first-order chi connectivity index (χ1) is 9.62. The summed E-state index contributed by atoms with van der Waals surface area (Å²) < 4.78 is 33.4. The molecule has 0 heterocycles. The molecule has 20 heavy (non-hydrogen) atoms. The molecule has 1 saturated carbocycles. The number of hydrogen-bond acceptors (Lipinski definition) is 2. The molecule has 0 bridgehead atoms. The van der Waals surface area contributed by atoms with Gasteiger partial charge >= 0.3 is 0 Å². The molecule has 2 rings (SSSR count). The van der Waals surface area contributed by atoms with Crippen molar-refractivity contribution in [2.75, 3.05) is 13.2 Å². The van der Waals surface area contributed by atoms with Crippen LogP contribution in [0.15, 0.2) is 30.3 Å². The highest BCUT2D eigenvalue weighted by Crippen LogP contribution is 2.30. The molecule has 112 valence electrons. The second-order valence-electron chi connectivity index (χ2n) is 5.41. The predicted octanol–water partition coefficient (Wildman–Crippen LogP) is 3.72. The van der Waals surface area contributed by atoms with E-state index in [9.17, 15) is 8.78 Å². The van der Waals surface area contributed by atoms with Crippen molar-refractivity contribution in [1.29, 1.82) is 0 Å². The van der Waals surface area contributed by atoms with Crippen molar-refractivity contribution in [2.45, 2.75) is 50.7 Å². The molecule has 0 saturated heterocycles. The molecule has 1 fully saturated rings. The highest BCUT2D eigenvalue weighted by molar-refractivity contribution is 5.19. The Hall–Kier alpha value is -1.00. The number of hydrogen-bond donors (Lipinski definition) is 1. The van der Waals surface area contributed by atoms with Crippen LogP contribution >= 0.6 is 0 Å². The minimum absolute atomic E-state index is 0.0282. The van der Waals surface area contributed by atoms with E-state index >= 15 is 0 Å². The summed E-state index contributed by atoms with van der Waals surface area (Å²) in [5.74, 6) is -2.90. The lowest BCUT2D eigenvalue weighted by Crippen LogP contribution is -2.36. The van der Waals surface area contributed by atoms with Gasteiger partial charge in [-0.25, -0.2) is 0 Å². The Morgan fingerprint density at radius 3 is 2.40 bits per heavy atom. The number of nitrogens with one attached hydrogen (secondary N) is 1. The molecule has 0 aliphatic heterocycles. The fourth-order valence-corrected chi connectivity index (χ4v) is 2.71. The summed E-state index contributed by atoms with van der Waals surface area (Å²) in [6.07, 6.45) is 3.72. The standard InChI is InChI=1S/C16H23F2NO/c1-2-19-14-8-10-15(11-9-14)20-12-16(17,18)13-6-4-3-5-7-13/h3-7,14-15,19H,2,8-12H2,1H3. The Morgan fingerprint density at radius 1 is 1.15 bits per heavy atom. The summed E-state index contributed by atoms with van der Waals surface area (Å²) in [6.45, 7) is 2.53. The van der Waals surface area contributed by atoms with Crippen molar-refractivity contribution < 1.29 is 13.5 Å². The van der Waals surface area contributed by atoms with E-state index in [0.717, 1.165) is 32.2 Å². The third-order valence-corrected chi connectivity index (χ3v) is 3.86. The van der Waals surface area contributed by atoms with E-state index in [1.807, 2.05) is 0 Å². The van der Waals surface area contributed by atoms with Gasteiger partial charge in [0.05, 0.1) is 6.10 Å². The fraction of sp³-hybridized carbons (Fsp3) is 0.625. The number of ether oxygens (including phenoxy) is 1. The maximum Gasteiger partial charge on any atom is 0.296 e. The van der Waals surface area contributed by atoms with Crippen LogP contribution in [0.3, 0.4) is 0 Å². The van der Waals surface area contributed by atoms with Crippen molar-refractivity contribution >= 4 is 0 Å². The fourth-order valence-electron chi connectivity index (χ4n) is 2.71. The summed E-state index contributed by atoms with van der Waals surface area (Å²) in [6, 6.07) is 8.42. The van der Waals surface area contributed by atoms with Crippen LogP contribution in [0.25, 0.3) is 0 Å². The minimum Gasteiger partial charge on any atom is -0.372 e. The highest BCUT2D eigenvalue weighted by Gasteiger charge is 2.33. The SMILES string of the molecule is CCNC1CCC(OCC(F)(F)c2ccccc2)CC1. The van der Waals surface area contributed by atoms with Gasteiger partial charge in [0.25, 0.3) is 5.92 Å². The molecular weight excluding hydrogens is 260 g/mol. The summed E-state index contributed by atoms with van der Waals surface area (Å²) in [4.78, 5) is 0. The number of rotatable bonds is 6. The third kappa shape index (κ3) is 4.25. The van der Waals surface area contributed by atoms with Gasteiger partial charge in [0.2, 0.25) is 0 Å². The maximum absolute atomic E-state index is 14.0. The Balaban J connectivity index is 1.78. The van der Waals surface area contributed by atoms with E-state index in [4.69, 9.17) is 4.74 Å². The molecule has 0 aromatic heterocycles. The zero-order chi connectivity index (χ0) is 14.4. The molecule has 4 heteroatoms. The van der Waals surface area contributed by atoms with Crippen molar-refractivity contribution in [3.8, 4) is 0 Å². The largest absolute Gasteiger partial charge is 0.372 e. The van der Waals surface area contributed by atoms with Crippen LogP contribution in [0.1, 0.15) is 38.2 Å². The number of halogens is 2. The Kier molecular flexibility index (Phi) is 5.49. The van der Waals surface area contributed by atoms with E-state index in [0.29, 0.717) is 6.04 Å². The number of benzene rings is 1. The van der Waals surface area contributed by atoms with Gasteiger partial charge < -0.3 is 10.1 Å². The molecule has 1 N–H and O–H groups in total. The van der Waals surface area contributed by atoms with E-state index in [1.54, 1.807) is 18.2 Å². The van der Waals surface area contributed by atoms with Crippen LogP contribution in [0.2, 0.25) is 0 Å². The zero-order valence-corrected chi connectivity index (χ0v) is 11.9. The van der Waals surface area contributed by atoms with Crippen LogP contribution in [0, 0.1) is 0 Å². The van der Waals surface area contributed by atoms with Gasteiger partial charge in [-0.05, 0) is 32.2 Å². The predicted molar refractivity (Wildman–Crippen MR) is 76.0 cm³/mol.